The molecule has 0 unspecified atom stereocenters. The Balaban J connectivity index is 1.87. The highest BCUT2D eigenvalue weighted by Gasteiger charge is 2.11. The highest BCUT2D eigenvalue weighted by molar-refractivity contribution is 6.00. The third kappa shape index (κ3) is 5.01. The number of halogens is 1. The first-order valence-corrected chi connectivity index (χ1v) is 8.17. The molecule has 0 atom stereocenters. The quantitative estimate of drug-likeness (QED) is 0.750. The summed E-state index contributed by atoms with van der Waals surface area (Å²) in [5, 5.41) is 2.71. The Hall–Kier alpha value is -2.49. The van der Waals surface area contributed by atoms with Gasteiger partial charge in [0, 0.05) is 24.1 Å². The molecule has 1 N–H and O–H groups in total. The first-order chi connectivity index (χ1) is 11.5. The van der Waals surface area contributed by atoms with Gasteiger partial charge in [-0.05, 0) is 42.7 Å². The van der Waals surface area contributed by atoms with Crippen molar-refractivity contribution >= 4 is 17.4 Å². The molecule has 126 valence electrons. The molecule has 0 aliphatic carbocycles. The van der Waals surface area contributed by atoms with Crippen molar-refractivity contribution in [3.05, 3.63) is 65.0 Å². The van der Waals surface area contributed by atoms with E-state index >= 15 is 0 Å². The minimum Gasteiger partial charge on any atom is -0.326 e. The summed E-state index contributed by atoms with van der Waals surface area (Å²) >= 11 is 0. The Kier molecular flexibility index (Phi) is 6.24. The van der Waals surface area contributed by atoms with E-state index in [-0.39, 0.29) is 30.3 Å². The smallest absolute Gasteiger partial charge is 0.224 e. The summed E-state index contributed by atoms with van der Waals surface area (Å²) in [7, 11) is 0. The maximum Gasteiger partial charge on any atom is 0.224 e. The molecular formula is C20H22FNO2. The predicted octanol–water partition coefficient (Wildman–Crippen LogP) is 4.69. The maximum absolute atomic E-state index is 13.0. The summed E-state index contributed by atoms with van der Waals surface area (Å²) in [6, 6.07) is 11.7. The lowest BCUT2D eigenvalue weighted by Crippen LogP contribution is -2.14. The molecule has 0 spiro atoms. The molecule has 0 aromatic heterocycles. The lowest BCUT2D eigenvalue weighted by Gasteiger charge is -2.08. The van der Waals surface area contributed by atoms with Crippen LogP contribution in [-0.4, -0.2) is 11.7 Å². The summed E-state index contributed by atoms with van der Waals surface area (Å²) in [4.78, 5) is 24.1. The fourth-order valence-electron chi connectivity index (χ4n) is 2.50. The van der Waals surface area contributed by atoms with Gasteiger partial charge in [0.1, 0.15) is 5.82 Å². The van der Waals surface area contributed by atoms with Gasteiger partial charge in [-0.1, -0.05) is 37.6 Å². The summed E-state index contributed by atoms with van der Waals surface area (Å²) in [6.45, 7) is 3.84. The number of nitrogens with one attached hydrogen (secondary N) is 1. The van der Waals surface area contributed by atoms with Crippen molar-refractivity contribution in [1.29, 1.82) is 0 Å². The van der Waals surface area contributed by atoms with Crippen LogP contribution in [0.5, 0.6) is 0 Å². The van der Waals surface area contributed by atoms with Gasteiger partial charge >= 0.3 is 0 Å². The number of Topliss-reactive ketones (excluding diaryl/α,β-unsaturated/α-hetero) is 1. The van der Waals surface area contributed by atoms with E-state index in [0.717, 1.165) is 12.8 Å². The predicted molar refractivity (Wildman–Crippen MR) is 93.8 cm³/mol. The minimum absolute atomic E-state index is 0.0518. The topological polar surface area (TPSA) is 46.2 Å². The van der Waals surface area contributed by atoms with Crippen molar-refractivity contribution in [3.63, 3.8) is 0 Å². The number of carbonyl (C=O) groups excluding carboxylic acids is 2. The number of hydrogen-bond acceptors (Lipinski definition) is 2. The molecule has 4 heteroatoms. The Morgan fingerprint density at radius 3 is 2.38 bits per heavy atom. The minimum atomic E-state index is -0.341. The zero-order chi connectivity index (χ0) is 17.5. The average Bonchev–Trinajstić information content (AvgIpc) is 2.56. The van der Waals surface area contributed by atoms with Gasteiger partial charge in [0.25, 0.3) is 0 Å². The molecule has 0 fully saturated rings. The van der Waals surface area contributed by atoms with Gasteiger partial charge in [0.2, 0.25) is 5.91 Å². The molecule has 2 rings (SSSR count). The third-order valence-electron chi connectivity index (χ3n) is 3.86. The lowest BCUT2D eigenvalue weighted by atomic mass is 10.0. The van der Waals surface area contributed by atoms with Crippen LogP contribution in [0.3, 0.4) is 0 Å². The van der Waals surface area contributed by atoms with Crippen LogP contribution in [0.25, 0.3) is 0 Å². The van der Waals surface area contributed by atoms with E-state index in [1.807, 2.05) is 24.3 Å². The van der Waals surface area contributed by atoms with Gasteiger partial charge in [-0.2, -0.15) is 0 Å². The molecule has 0 heterocycles. The van der Waals surface area contributed by atoms with E-state index in [9.17, 15) is 14.0 Å². The number of benzene rings is 2. The molecule has 0 aliphatic rings. The Bertz CT molecular complexity index is 723. The second kappa shape index (κ2) is 8.39. The van der Waals surface area contributed by atoms with Crippen molar-refractivity contribution < 1.29 is 14.0 Å². The van der Waals surface area contributed by atoms with Crippen LogP contribution in [0.2, 0.25) is 0 Å². The van der Waals surface area contributed by atoms with Crippen LogP contribution in [0.1, 0.15) is 47.7 Å². The van der Waals surface area contributed by atoms with Gasteiger partial charge in [-0.25, -0.2) is 4.39 Å². The summed E-state index contributed by atoms with van der Waals surface area (Å²) < 4.78 is 13.0. The van der Waals surface area contributed by atoms with E-state index in [1.54, 1.807) is 6.92 Å². The Morgan fingerprint density at radius 1 is 1.04 bits per heavy atom. The molecule has 0 saturated heterocycles. The van der Waals surface area contributed by atoms with Crippen molar-refractivity contribution in [1.82, 2.24) is 0 Å². The number of carbonyl (C=O) groups is 2. The number of hydrogen-bond donors (Lipinski definition) is 1. The molecule has 0 bridgehead atoms. The van der Waals surface area contributed by atoms with E-state index in [1.165, 1.54) is 23.8 Å². The standard InChI is InChI=1S/C20H22FNO2/c1-3-4-15-5-7-16(8-6-15)19(23)11-12-20(24)22-18-10-9-17(21)13-14(18)2/h5-10,13H,3-4,11-12H2,1-2H3,(H,22,24). The molecule has 24 heavy (non-hydrogen) atoms. The molecule has 3 nitrogen and oxygen atoms in total. The molecule has 2 aromatic carbocycles. The van der Waals surface area contributed by atoms with Crippen molar-refractivity contribution in [2.75, 3.05) is 5.32 Å². The zero-order valence-electron chi connectivity index (χ0n) is 14.1. The second-order valence-electron chi connectivity index (χ2n) is 5.88. The van der Waals surface area contributed by atoms with Gasteiger partial charge < -0.3 is 5.32 Å². The Morgan fingerprint density at radius 2 is 1.75 bits per heavy atom. The third-order valence-corrected chi connectivity index (χ3v) is 3.86. The molecular weight excluding hydrogens is 305 g/mol. The summed E-state index contributed by atoms with van der Waals surface area (Å²) in [5.74, 6) is -0.642. The number of ketones is 1. The highest BCUT2D eigenvalue weighted by atomic mass is 19.1. The van der Waals surface area contributed by atoms with Crippen LogP contribution in [0.15, 0.2) is 42.5 Å². The number of aryl methyl sites for hydroxylation is 2. The van der Waals surface area contributed by atoms with Crippen LogP contribution in [-0.2, 0) is 11.2 Å². The van der Waals surface area contributed by atoms with Crippen LogP contribution in [0, 0.1) is 12.7 Å². The normalized spacial score (nSPS) is 10.5. The van der Waals surface area contributed by atoms with Gasteiger partial charge in [0.05, 0.1) is 0 Å². The lowest BCUT2D eigenvalue weighted by molar-refractivity contribution is -0.116. The molecule has 0 radical (unpaired) electrons. The fraction of sp³-hybridized carbons (Fsp3) is 0.300. The van der Waals surface area contributed by atoms with Gasteiger partial charge in [-0.15, -0.1) is 0 Å². The summed E-state index contributed by atoms with van der Waals surface area (Å²) in [5.41, 5.74) is 3.05. The number of rotatable bonds is 7. The summed E-state index contributed by atoms with van der Waals surface area (Å²) in [6.07, 6.45) is 2.32. The number of amides is 1. The van der Waals surface area contributed by atoms with Gasteiger partial charge in [0.15, 0.2) is 5.78 Å². The monoisotopic (exact) mass is 327 g/mol. The molecule has 2 aromatic rings. The maximum atomic E-state index is 13.0. The Labute approximate surface area is 141 Å². The van der Waals surface area contributed by atoms with Crippen molar-refractivity contribution in [2.45, 2.75) is 39.5 Å². The molecule has 0 saturated carbocycles. The zero-order valence-corrected chi connectivity index (χ0v) is 14.1. The van der Waals surface area contributed by atoms with E-state index in [0.29, 0.717) is 16.8 Å². The van der Waals surface area contributed by atoms with Gasteiger partial charge in [-0.3, -0.25) is 9.59 Å². The molecule has 0 aliphatic heterocycles. The first-order valence-electron chi connectivity index (χ1n) is 8.17. The SMILES string of the molecule is CCCc1ccc(C(=O)CCC(=O)Nc2ccc(F)cc2C)cc1. The van der Waals surface area contributed by atoms with E-state index in [4.69, 9.17) is 0 Å². The highest BCUT2D eigenvalue weighted by Crippen LogP contribution is 2.16. The number of anilines is 1. The van der Waals surface area contributed by atoms with Crippen LogP contribution < -0.4 is 5.32 Å². The van der Waals surface area contributed by atoms with E-state index < -0.39 is 0 Å². The second-order valence-corrected chi connectivity index (χ2v) is 5.88. The van der Waals surface area contributed by atoms with Crippen LogP contribution in [0.4, 0.5) is 10.1 Å². The first kappa shape index (κ1) is 17.9. The largest absolute Gasteiger partial charge is 0.326 e. The van der Waals surface area contributed by atoms with Crippen LogP contribution >= 0.6 is 0 Å². The fourth-order valence-corrected chi connectivity index (χ4v) is 2.50. The van der Waals surface area contributed by atoms with E-state index in [2.05, 4.69) is 12.2 Å². The van der Waals surface area contributed by atoms with Crippen molar-refractivity contribution in [3.8, 4) is 0 Å². The van der Waals surface area contributed by atoms with Crippen molar-refractivity contribution in [2.24, 2.45) is 0 Å². The molecule has 1 amide bonds. The average molecular weight is 327 g/mol.